The molecule has 2 aromatic rings. The quantitative estimate of drug-likeness (QED) is 0.775. The SMILES string of the molecule is NC(=S)CCCc1nc2ccccc2[nH]1. The van der Waals surface area contributed by atoms with Crippen molar-refractivity contribution in [3.05, 3.63) is 30.1 Å². The van der Waals surface area contributed by atoms with Crippen LogP contribution in [0.4, 0.5) is 0 Å². The summed E-state index contributed by atoms with van der Waals surface area (Å²) in [5.41, 5.74) is 7.53. The van der Waals surface area contributed by atoms with Crippen LogP contribution in [0.3, 0.4) is 0 Å². The zero-order valence-electron chi connectivity index (χ0n) is 8.36. The van der Waals surface area contributed by atoms with E-state index < -0.39 is 0 Å². The van der Waals surface area contributed by atoms with E-state index in [1.807, 2.05) is 24.3 Å². The number of fused-ring (bicyclic) bond motifs is 1. The lowest BCUT2D eigenvalue weighted by Crippen LogP contribution is -2.07. The van der Waals surface area contributed by atoms with Gasteiger partial charge in [0.2, 0.25) is 0 Å². The fourth-order valence-electron chi connectivity index (χ4n) is 1.55. The van der Waals surface area contributed by atoms with E-state index in [1.54, 1.807) is 0 Å². The number of rotatable bonds is 4. The van der Waals surface area contributed by atoms with E-state index in [2.05, 4.69) is 9.97 Å². The molecule has 0 aliphatic carbocycles. The van der Waals surface area contributed by atoms with Gasteiger partial charge in [0, 0.05) is 6.42 Å². The van der Waals surface area contributed by atoms with Crippen LogP contribution in [-0.2, 0) is 6.42 Å². The van der Waals surface area contributed by atoms with Crippen molar-refractivity contribution in [2.24, 2.45) is 5.73 Å². The van der Waals surface area contributed by atoms with Crippen LogP contribution in [0, 0.1) is 0 Å². The normalized spacial score (nSPS) is 10.7. The van der Waals surface area contributed by atoms with E-state index in [-0.39, 0.29) is 0 Å². The molecule has 0 fully saturated rings. The fourth-order valence-corrected chi connectivity index (χ4v) is 1.70. The highest BCUT2D eigenvalue weighted by Crippen LogP contribution is 2.11. The zero-order valence-corrected chi connectivity index (χ0v) is 9.18. The predicted octanol–water partition coefficient (Wildman–Crippen LogP) is 2.17. The van der Waals surface area contributed by atoms with Crippen molar-refractivity contribution >= 4 is 28.2 Å². The van der Waals surface area contributed by atoms with Crippen LogP contribution in [0.5, 0.6) is 0 Å². The van der Waals surface area contributed by atoms with Crippen molar-refractivity contribution < 1.29 is 0 Å². The predicted molar refractivity (Wildman–Crippen MR) is 65.8 cm³/mol. The monoisotopic (exact) mass is 219 g/mol. The number of aryl methyl sites for hydroxylation is 1. The molecule has 2 rings (SSSR count). The van der Waals surface area contributed by atoms with Gasteiger partial charge in [-0.1, -0.05) is 24.4 Å². The van der Waals surface area contributed by atoms with Gasteiger partial charge in [-0.3, -0.25) is 0 Å². The molecule has 15 heavy (non-hydrogen) atoms. The van der Waals surface area contributed by atoms with Gasteiger partial charge in [-0.25, -0.2) is 4.98 Å². The maximum atomic E-state index is 5.43. The molecule has 1 aromatic carbocycles. The van der Waals surface area contributed by atoms with E-state index >= 15 is 0 Å². The van der Waals surface area contributed by atoms with Crippen molar-refractivity contribution in [1.82, 2.24) is 9.97 Å². The molecular formula is C11H13N3S. The molecule has 0 spiro atoms. The van der Waals surface area contributed by atoms with Crippen molar-refractivity contribution in [2.45, 2.75) is 19.3 Å². The number of imidazole rings is 1. The first-order valence-electron chi connectivity index (χ1n) is 4.97. The summed E-state index contributed by atoms with van der Waals surface area (Å²) >= 11 is 4.82. The maximum absolute atomic E-state index is 5.43. The zero-order chi connectivity index (χ0) is 10.7. The summed E-state index contributed by atoms with van der Waals surface area (Å²) in [5, 5.41) is 0. The third kappa shape index (κ3) is 2.53. The lowest BCUT2D eigenvalue weighted by molar-refractivity contribution is 0.822. The molecule has 0 aliphatic rings. The van der Waals surface area contributed by atoms with Gasteiger partial charge in [-0.2, -0.15) is 0 Å². The highest BCUT2D eigenvalue weighted by molar-refractivity contribution is 7.80. The molecule has 1 aromatic heterocycles. The molecule has 3 nitrogen and oxygen atoms in total. The number of H-pyrrole nitrogens is 1. The highest BCUT2D eigenvalue weighted by Gasteiger charge is 2.01. The maximum Gasteiger partial charge on any atom is 0.107 e. The molecule has 3 N–H and O–H groups in total. The van der Waals surface area contributed by atoms with Gasteiger partial charge < -0.3 is 10.7 Å². The number of aromatic nitrogens is 2. The van der Waals surface area contributed by atoms with Gasteiger partial charge in [0.15, 0.2) is 0 Å². The summed E-state index contributed by atoms with van der Waals surface area (Å²) in [6, 6.07) is 8.02. The van der Waals surface area contributed by atoms with E-state index in [1.165, 1.54) is 0 Å². The highest BCUT2D eigenvalue weighted by atomic mass is 32.1. The fraction of sp³-hybridized carbons (Fsp3) is 0.273. The summed E-state index contributed by atoms with van der Waals surface area (Å²) in [7, 11) is 0. The smallest absolute Gasteiger partial charge is 0.107 e. The second kappa shape index (κ2) is 4.40. The molecule has 1 heterocycles. The van der Waals surface area contributed by atoms with Gasteiger partial charge >= 0.3 is 0 Å². The Balaban J connectivity index is 2.05. The Morgan fingerprint density at radius 2 is 2.20 bits per heavy atom. The van der Waals surface area contributed by atoms with Gasteiger partial charge in [0.1, 0.15) is 5.82 Å². The molecular weight excluding hydrogens is 206 g/mol. The van der Waals surface area contributed by atoms with E-state index in [0.29, 0.717) is 4.99 Å². The lowest BCUT2D eigenvalue weighted by atomic mass is 10.2. The van der Waals surface area contributed by atoms with E-state index in [9.17, 15) is 0 Å². The number of aromatic amines is 1. The lowest BCUT2D eigenvalue weighted by Gasteiger charge is -1.95. The summed E-state index contributed by atoms with van der Waals surface area (Å²) in [5.74, 6) is 1.01. The largest absolute Gasteiger partial charge is 0.393 e. The number of nitrogens with zero attached hydrogens (tertiary/aromatic N) is 1. The Bertz CT molecular complexity index is 442. The second-order valence-corrected chi connectivity index (χ2v) is 4.04. The molecule has 0 saturated carbocycles. The third-order valence-electron chi connectivity index (χ3n) is 2.28. The molecule has 0 unspecified atom stereocenters. The van der Waals surface area contributed by atoms with E-state index in [4.69, 9.17) is 18.0 Å². The number of nitrogens with two attached hydrogens (primary N) is 1. The summed E-state index contributed by atoms with van der Waals surface area (Å²) in [4.78, 5) is 8.32. The number of benzene rings is 1. The Morgan fingerprint density at radius 3 is 2.93 bits per heavy atom. The third-order valence-corrected chi connectivity index (χ3v) is 2.48. The van der Waals surface area contributed by atoms with Crippen molar-refractivity contribution in [3.63, 3.8) is 0 Å². The first kappa shape index (κ1) is 10.1. The summed E-state index contributed by atoms with van der Waals surface area (Å²) in [6.07, 6.45) is 2.63. The number of nitrogens with one attached hydrogen (secondary N) is 1. The van der Waals surface area contributed by atoms with Crippen LogP contribution in [0.25, 0.3) is 11.0 Å². The van der Waals surface area contributed by atoms with Crippen molar-refractivity contribution in [1.29, 1.82) is 0 Å². The molecule has 0 bridgehead atoms. The Hall–Kier alpha value is -1.42. The van der Waals surface area contributed by atoms with Gasteiger partial charge in [0.05, 0.1) is 16.0 Å². The van der Waals surface area contributed by atoms with E-state index in [0.717, 1.165) is 36.1 Å². The molecule has 78 valence electrons. The molecule has 0 radical (unpaired) electrons. The van der Waals surface area contributed by atoms with Gasteiger partial charge in [-0.15, -0.1) is 0 Å². The minimum atomic E-state index is 0.575. The van der Waals surface area contributed by atoms with Crippen LogP contribution in [0.15, 0.2) is 24.3 Å². The van der Waals surface area contributed by atoms with Crippen LogP contribution >= 0.6 is 12.2 Å². The first-order valence-corrected chi connectivity index (χ1v) is 5.38. The Labute approximate surface area is 93.7 Å². The van der Waals surface area contributed by atoms with Gasteiger partial charge in [0.25, 0.3) is 0 Å². The Kier molecular flexibility index (Phi) is 2.97. The van der Waals surface area contributed by atoms with Crippen LogP contribution < -0.4 is 5.73 Å². The number of thiocarbonyl (C=S) groups is 1. The molecule has 0 amide bonds. The number of hydrogen-bond donors (Lipinski definition) is 2. The van der Waals surface area contributed by atoms with Crippen molar-refractivity contribution in [2.75, 3.05) is 0 Å². The average Bonchev–Trinajstić information content (AvgIpc) is 2.59. The van der Waals surface area contributed by atoms with Crippen LogP contribution in [0.2, 0.25) is 0 Å². The molecule has 4 heteroatoms. The first-order chi connectivity index (χ1) is 7.25. The summed E-state index contributed by atoms with van der Waals surface area (Å²) in [6.45, 7) is 0. The van der Waals surface area contributed by atoms with Crippen LogP contribution in [0.1, 0.15) is 18.7 Å². The van der Waals surface area contributed by atoms with Gasteiger partial charge in [-0.05, 0) is 25.0 Å². The molecule has 0 aliphatic heterocycles. The standard InChI is InChI=1S/C11H13N3S/c12-10(15)6-3-7-11-13-8-4-1-2-5-9(8)14-11/h1-2,4-5H,3,6-7H2,(H2,12,15)(H,13,14). The number of para-hydroxylation sites is 2. The van der Waals surface area contributed by atoms with Crippen molar-refractivity contribution in [3.8, 4) is 0 Å². The summed E-state index contributed by atoms with van der Waals surface area (Å²) < 4.78 is 0. The molecule has 0 atom stereocenters. The second-order valence-electron chi connectivity index (χ2n) is 3.52. The minimum absolute atomic E-state index is 0.575. The average molecular weight is 219 g/mol. The van der Waals surface area contributed by atoms with Crippen LogP contribution in [-0.4, -0.2) is 15.0 Å². The minimum Gasteiger partial charge on any atom is -0.393 e. The number of hydrogen-bond acceptors (Lipinski definition) is 2. The topological polar surface area (TPSA) is 54.7 Å². The Morgan fingerprint density at radius 1 is 1.40 bits per heavy atom. The molecule has 0 saturated heterocycles.